The van der Waals surface area contributed by atoms with Gasteiger partial charge in [-0.25, -0.2) is 0 Å². The summed E-state index contributed by atoms with van der Waals surface area (Å²) < 4.78 is 3.42. The number of rotatable bonds is 6. The standard InChI is InChI=1S/C14H19BrN2S/c1-11(2)6-16-7-12-3-4-17(8-12)9-14-5-13(15)10-18-14/h3-5,8,10-11,16H,6-7,9H2,1-2H3. The highest BCUT2D eigenvalue weighted by Gasteiger charge is 2.01. The van der Waals surface area contributed by atoms with Crippen molar-refractivity contribution in [2.45, 2.75) is 26.9 Å². The van der Waals surface area contributed by atoms with Crippen LogP contribution in [0.2, 0.25) is 0 Å². The molecule has 0 fully saturated rings. The van der Waals surface area contributed by atoms with Gasteiger partial charge in [0.2, 0.25) is 0 Å². The van der Waals surface area contributed by atoms with E-state index < -0.39 is 0 Å². The Morgan fingerprint density at radius 3 is 2.94 bits per heavy atom. The number of nitrogens with one attached hydrogen (secondary N) is 1. The predicted octanol–water partition coefficient (Wildman–Crippen LogP) is 4.11. The van der Waals surface area contributed by atoms with E-state index in [0.29, 0.717) is 5.92 Å². The smallest absolute Gasteiger partial charge is 0.0564 e. The van der Waals surface area contributed by atoms with Crippen LogP contribution in [0.25, 0.3) is 0 Å². The van der Waals surface area contributed by atoms with Gasteiger partial charge in [0.15, 0.2) is 0 Å². The molecule has 4 heteroatoms. The van der Waals surface area contributed by atoms with Crippen molar-refractivity contribution in [3.8, 4) is 0 Å². The minimum atomic E-state index is 0.704. The van der Waals surface area contributed by atoms with Gasteiger partial charge in [0.1, 0.15) is 0 Å². The Balaban J connectivity index is 1.86. The molecule has 0 unspecified atom stereocenters. The Morgan fingerprint density at radius 1 is 1.44 bits per heavy atom. The van der Waals surface area contributed by atoms with E-state index in [1.54, 1.807) is 11.3 Å². The van der Waals surface area contributed by atoms with Crippen molar-refractivity contribution in [1.29, 1.82) is 0 Å². The molecule has 0 saturated carbocycles. The van der Waals surface area contributed by atoms with E-state index in [-0.39, 0.29) is 0 Å². The second kappa shape index (κ2) is 6.55. The van der Waals surface area contributed by atoms with E-state index in [9.17, 15) is 0 Å². The molecule has 0 bridgehead atoms. The second-order valence-corrected chi connectivity index (χ2v) is 6.86. The van der Waals surface area contributed by atoms with Crippen LogP contribution in [0.15, 0.2) is 34.4 Å². The number of thiophene rings is 1. The van der Waals surface area contributed by atoms with Crippen LogP contribution in [0.1, 0.15) is 24.3 Å². The summed E-state index contributed by atoms with van der Waals surface area (Å²) >= 11 is 5.28. The van der Waals surface area contributed by atoms with Crippen LogP contribution in [0.4, 0.5) is 0 Å². The minimum absolute atomic E-state index is 0.704. The molecule has 2 heterocycles. The minimum Gasteiger partial charge on any atom is -0.349 e. The third kappa shape index (κ3) is 4.26. The lowest BCUT2D eigenvalue weighted by Gasteiger charge is -2.05. The molecule has 0 atom stereocenters. The van der Waals surface area contributed by atoms with Crippen molar-refractivity contribution in [3.63, 3.8) is 0 Å². The van der Waals surface area contributed by atoms with Crippen LogP contribution in [0, 0.1) is 5.92 Å². The molecule has 0 radical (unpaired) electrons. The number of hydrogen-bond donors (Lipinski definition) is 1. The molecule has 2 aromatic rings. The molecule has 0 aromatic carbocycles. The third-order valence-corrected chi connectivity index (χ3v) is 4.34. The Hall–Kier alpha value is -0.580. The summed E-state index contributed by atoms with van der Waals surface area (Å²) in [7, 11) is 0. The van der Waals surface area contributed by atoms with Gasteiger partial charge in [0.25, 0.3) is 0 Å². The molecule has 0 amide bonds. The Bertz CT molecular complexity index is 487. The van der Waals surface area contributed by atoms with Gasteiger partial charge in [0.05, 0.1) is 6.54 Å². The molecular weight excluding hydrogens is 308 g/mol. The van der Waals surface area contributed by atoms with Crippen molar-refractivity contribution in [2.24, 2.45) is 5.92 Å². The largest absolute Gasteiger partial charge is 0.349 e. The van der Waals surface area contributed by atoms with Crippen molar-refractivity contribution in [3.05, 3.63) is 44.8 Å². The maximum Gasteiger partial charge on any atom is 0.0564 e. The average molecular weight is 327 g/mol. The lowest BCUT2D eigenvalue weighted by Crippen LogP contribution is -2.18. The zero-order chi connectivity index (χ0) is 13.0. The molecule has 0 aliphatic rings. The Kier molecular flexibility index (Phi) is 5.03. The van der Waals surface area contributed by atoms with Crippen molar-refractivity contribution >= 4 is 27.3 Å². The van der Waals surface area contributed by atoms with Crippen LogP contribution in [0.3, 0.4) is 0 Å². The first-order valence-corrected chi connectivity index (χ1v) is 7.89. The first-order valence-electron chi connectivity index (χ1n) is 6.22. The van der Waals surface area contributed by atoms with Gasteiger partial charge < -0.3 is 9.88 Å². The van der Waals surface area contributed by atoms with Gasteiger partial charge >= 0.3 is 0 Å². The summed E-state index contributed by atoms with van der Waals surface area (Å²) in [6, 6.07) is 4.37. The van der Waals surface area contributed by atoms with Crippen LogP contribution >= 0.6 is 27.3 Å². The van der Waals surface area contributed by atoms with Gasteiger partial charge in [-0.05, 0) is 46.1 Å². The summed E-state index contributed by atoms with van der Waals surface area (Å²) in [5.74, 6) is 0.704. The van der Waals surface area contributed by atoms with Gasteiger partial charge in [-0.3, -0.25) is 0 Å². The number of halogens is 1. The average Bonchev–Trinajstić information content (AvgIpc) is 2.89. The lowest BCUT2D eigenvalue weighted by atomic mass is 10.2. The van der Waals surface area contributed by atoms with E-state index in [4.69, 9.17) is 0 Å². The number of nitrogens with zero attached hydrogens (tertiary/aromatic N) is 1. The molecule has 2 rings (SSSR count). The number of aromatic nitrogens is 1. The van der Waals surface area contributed by atoms with Crippen molar-refractivity contribution in [1.82, 2.24) is 9.88 Å². The summed E-state index contributed by atoms with van der Waals surface area (Å²) in [4.78, 5) is 1.37. The van der Waals surface area contributed by atoms with Crippen molar-refractivity contribution in [2.75, 3.05) is 6.54 Å². The second-order valence-electron chi connectivity index (χ2n) is 4.95. The molecule has 1 N–H and O–H groups in total. The van der Waals surface area contributed by atoms with E-state index in [2.05, 4.69) is 69.6 Å². The fourth-order valence-corrected chi connectivity index (χ4v) is 3.27. The molecular formula is C14H19BrN2S. The first kappa shape index (κ1) is 13.8. The normalized spacial score (nSPS) is 11.3. The molecule has 0 saturated heterocycles. The summed E-state index contributed by atoms with van der Waals surface area (Å²) in [6.45, 7) is 7.45. The van der Waals surface area contributed by atoms with Crippen LogP contribution in [0.5, 0.6) is 0 Å². The van der Waals surface area contributed by atoms with E-state index >= 15 is 0 Å². The molecule has 2 aromatic heterocycles. The SMILES string of the molecule is CC(C)CNCc1ccn(Cc2cc(Br)cs2)c1. The zero-order valence-corrected chi connectivity index (χ0v) is 13.2. The van der Waals surface area contributed by atoms with Crippen LogP contribution < -0.4 is 5.32 Å². The third-order valence-electron chi connectivity index (χ3n) is 2.65. The highest BCUT2D eigenvalue weighted by Crippen LogP contribution is 2.20. The lowest BCUT2D eigenvalue weighted by molar-refractivity contribution is 0.552. The molecule has 2 nitrogen and oxygen atoms in total. The van der Waals surface area contributed by atoms with E-state index in [1.165, 1.54) is 14.9 Å². The topological polar surface area (TPSA) is 17.0 Å². The van der Waals surface area contributed by atoms with E-state index in [1.807, 2.05) is 0 Å². The van der Waals surface area contributed by atoms with E-state index in [0.717, 1.165) is 19.6 Å². The Labute approximate surface area is 121 Å². The maximum absolute atomic E-state index is 3.49. The monoisotopic (exact) mass is 326 g/mol. The van der Waals surface area contributed by atoms with Crippen molar-refractivity contribution < 1.29 is 0 Å². The summed E-state index contributed by atoms with van der Waals surface area (Å²) in [5, 5.41) is 5.59. The number of hydrogen-bond acceptors (Lipinski definition) is 2. The van der Waals surface area contributed by atoms with Gasteiger partial charge in [-0.1, -0.05) is 13.8 Å². The molecule has 0 aliphatic heterocycles. The van der Waals surface area contributed by atoms with Gasteiger partial charge in [0, 0.05) is 33.7 Å². The summed E-state index contributed by atoms with van der Waals surface area (Å²) in [5.41, 5.74) is 1.35. The highest BCUT2D eigenvalue weighted by atomic mass is 79.9. The molecule has 98 valence electrons. The summed E-state index contributed by atoms with van der Waals surface area (Å²) in [6.07, 6.45) is 4.38. The first-order chi connectivity index (χ1) is 8.63. The highest BCUT2D eigenvalue weighted by molar-refractivity contribution is 9.10. The van der Waals surface area contributed by atoms with Crippen LogP contribution in [-0.2, 0) is 13.1 Å². The molecule has 0 spiro atoms. The maximum atomic E-state index is 3.49. The predicted molar refractivity (Wildman–Crippen MR) is 82.1 cm³/mol. The van der Waals surface area contributed by atoms with Crippen LogP contribution in [-0.4, -0.2) is 11.1 Å². The molecule has 0 aliphatic carbocycles. The zero-order valence-electron chi connectivity index (χ0n) is 10.8. The fraction of sp³-hybridized carbons (Fsp3) is 0.429. The quantitative estimate of drug-likeness (QED) is 0.845. The Morgan fingerprint density at radius 2 is 2.28 bits per heavy atom. The van der Waals surface area contributed by atoms with Gasteiger partial charge in [-0.15, -0.1) is 11.3 Å². The molecule has 18 heavy (non-hydrogen) atoms. The van der Waals surface area contributed by atoms with Gasteiger partial charge in [-0.2, -0.15) is 0 Å². The fourth-order valence-electron chi connectivity index (χ4n) is 1.82.